The lowest BCUT2D eigenvalue weighted by Gasteiger charge is -2.16. The topological polar surface area (TPSA) is 87.7 Å². The summed E-state index contributed by atoms with van der Waals surface area (Å²) in [5.41, 5.74) is 1.03. The van der Waals surface area contributed by atoms with Gasteiger partial charge < -0.3 is 15.4 Å². The van der Waals surface area contributed by atoms with Crippen LogP contribution < -0.4 is 15.4 Å². The summed E-state index contributed by atoms with van der Waals surface area (Å²) in [6, 6.07) is 9.53. The highest BCUT2D eigenvalue weighted by atomic mass is 32.2. The lowest BCUT2D eigenvalue weighted by molar-refractivity contribution is -0.0498. The van der Waals surface area contributed by atoms with E-state index >= 15 is 0 Å². The molecule has 0 unspecified atom stereocenters. The van der Waals surface area contributed by atoms with E-state index < -0.39 is 22.5 Å². The van der Waals surface area contributed by atoms with Gasteiger partial charge in [-0.2, -0.15) is 8.78 Å². The van der Waals surface area contributed by atoms with Crippen LogP contribution in [0.3, 0.4) is 0 Å². The predicted molar refractivity (Wildman–Crippen MR) is 103 cm³/mol. The van der Waals surface area contributed by atoms with Crippen molar-refractivity contribution < 1.29 is 26.7 Å². The van der Waals surface area contributed by atoms with E-state index in [-0.39, 0.29) is 21.9 Å². The van der Waals surface area contributed by atoms with Crippen molar-refractivity contribution in [2.24, 2.45) is 0 Å². The molecule has 0 bridgehead atoms. The van der Waals surface area contributed by atoms with Crippen LogP contribution in [0.1, 0.15) is 17.3 Å². The third-order valence-corrected chi connectivity index (χ3v) is 5.54. The second kappa shape index (κ2) is 8.98. The normalized spacial score (nSPS) is 11.5. The lowest BCUT2D eigenvalue weighted by atomic mass is 10.2. The molecule has 0 saturated heterocycles. The molecule has 2 aromatic carbocycles. The molecule has 0 radical (unpaired) electrons. The van der Waals surface area contributed by atoms with E-state index in [1.165, 1.54) is 50.5 Å². The highest BCUT2D eigenvalue weighted by Gasteiger charge is 2.20. The Kier molecular flexibility index (Phi) is 6.92. The zero-order valence-electron chi connectivity index (χ0n) is 15.6. The first kappa shape index (κ1) is 21.6. The Balaban J connectivity index is 2.31. The van der Waals surface area contributed by atoms with Crippen molar-refractivity contribution in [3.8, 4) is 5.75 Å². The van der Waals surface area contributed by atoms with Gasteiger partial charge in [-0.25, -0.2) is 12.7 Å². The SMILES string of the molecule is CCNc1ccc(S(=O)(=O)N(C)C)cc1NC(=O)c1ccc(OC(F)F)cc1. The predicted octanol–water partition coefficient (Wildman–Crippen LogP) is 3.22. The van der Waals surface area contributed by atoms with Gasteiger partial charge in [0, 0.05) is 26.2 Å². The van der Waals surface area contributed by atoms with E-state index in [2.05, 4.69) is 15.4 Å². The molecule has 0 saturated carbocycles. The van der Waals surface area contributed by atoms with Crippen molar-refractivity contribution in [1.82, 2.24) is 4.31 Å². The van der Waals surface area contributed by atoms with E-state index in [1.54, 1.807) is 6.07 Å². The minimum Gasteiger partial charge on any atom is -0.435 e. The molecule has 2 rings (SSSR count). The number of alkyl halides is 2. The summed E-state index contributed by atoms with van der Waals surface area (Å²) in [5.74, 6) is -0.596. The third kappa shape index (κ3) is 5.17. The molecular weight excluding hydrogens is 392 g/mol. The Labute approximate surface area is 162 Å². The zero-order chi connectivity index (χ0) is 20.9. The third-order valence-electron chi connectivity index (χ3n) is 3.73. The number of benzene rings is 2. The molecule has 0 fully saturated rings. The first-order valence-corrected chi connectivity index (χ1v) is 9.75. The van der Waals surface area contributed by atoms with Gasteiger partial charge in [0.15, 0.2) is 0 Å². The van der Waals surface area contributed by atoms with Crippen LogP contribution >= 0.6 is 0 Å². The Morgan fingerprint density at radius 2 is 1.75 bits per heavy atom. The number of ether oxygens (including phenoxy) is 1. The number of anilines is 2. The number of amides is 1. The van der Waals surface area contributed by atoms with Crippen LogP contribution in [-0.4, -0.2) is 45.9 Å². The highest BCUT2D eigenvalue weighted by molar-refractivity contribution is 7.89. The molecule has 0 atom stereocenters. The molecule has 1 amide bonds. The van der Waals surface area contributed by atoms with Crippen LogP contribution in [-0.2, 0) is 10.0 Å². The highest BCUT2D eigenvalue weighted by Crippen LogP contribution is 2.27. The van der Waals surface area contributed by atoms with Crippen LogP contribution in [0.4, 0.5) is 20.2 Å². The van der Waals surface area contributed by atoms with Gasteiger partial charge >= 0.3 is 6.61 Å². The number of halogens is 2. The van der Waals surface area contributed by atoms with Gasteiger partial charge in [0.2, 0.25) is 10.0 Å². The van der Waals surface area contributed by atoms with Gasteiger partial charge in [-0.05, 0) is 49.4 Å². The van der Waals surface area contributed by atoms with Crippen molar-refractivity contribution in [3.05, 3.63) is 48.0 Å². The summed E-state index contributed by atoms with van der Waals surface area (Å²) in [6.07, 6.45) is 0. The average molecular weight is 413 g/mol. The van der Waals surface area contributed by atoms with Crippen LogP contribution in [0, 0.1) is 0 Å². The smallest absolute Gasteiger partial charge is 0.387 e. The van der Waals surface area contributed by atoms with E-state index in [0.29, 0.717) is 12.2 Å². The van der Waals surface area contributed by atoms with Crippen molar-refractivity contribution >= 4 is 27.3 Å². The van der Waals surface area contributed by atoms with Gasteiger partial charge in [0.1, 0.15) is 5.75 Å². The Bertz CT molecular complexity index is 932. The van der Waals surface area contributed by atoms with E-state index in [1.807, 2.05) is 6.92 Å². The van der Waals surface area contributed by atoms with Crippen LogP contribution in [0.15, 0.2) is 47.4 Å². The first-order chi connectivity index (χ1) is 13.1. The fraction of sp³-hybridized carbons (Fsp3) is 0.278. The summed E-state index contributed by atoms with van der Waals surface area (Å²) in [7, 11) is -0.859. The number of hydrogen-bond donors (Lipinski definition) is 2. The minimum absolute atomic E-state index is 0.0233. The van der Waals surface area contributed by atoms with Crippen LogP contribution in [0.5, 0.6) is 5.75 Å². The summed E-state index contributed by atoms with van der Waals surface area (Å²) in [6.45, 7) is -0.538. The molecule has 2 N–H and O–H groups in total. The Morgan fingerprint density at radius 1 is 1.11 bits per heavy atom. The summed E-state index contributed by atoms with van der Waals surface area (Å²) in [5, 5.41) is 5.69. The Morgan fingerprint density at radius 3 is 2.29 bits per heavy atom. The monoisotopic (exact) mass is 413 g/mol. The van der Waals surface area contributed by atoms with E-state index in [4.69, 9.17) is 0 Å². The minimum atomic E-state index is -3.68. The number of nitrogens with zero attached hydrogens (tertiary/aromatic N) is 1. The van der Waals surface area contributed by atoms with Crippen LogP contribution in [0.25, 0.3) is 0 Å². The molecule has 0 spiro atoms. The molecule has 0 heterocycles. The van der Waals surface area contributed by atoms with Crippen molar-refractivity contribution in [2.45, 2.75) is 18.4 Å². The van der Waals surface area contributed by atoms with Gasteiger partial charge in [0.05, 0.1) is 16.3 Å². The second-order valence-electron chi connectivity index (χ2n) is 5.88. The maximum absolute atomic E-state index is 12.5. The van der Waals surface area contributed by atoms with E-state index in [9.17, 15) is 22.0 Å². The van der Waals surface area contributed by atoms with E-state index in [0.717, 1.165) is 4.31 Å². The molecule has 152 valence electrons. The number of hydrogen-bond acceptors (Lipinski definition) is 5. The largest absolute Gasteiger partial charge is 0.435 e. The zero-order valence-corrected chi connectivity index (χ0v) is 16.4. The van der Waals surface area contributed by atoms with Crippen molar-refractivity contribution in [1.29, 1.82) is 0 Å². The van der Waals surface area contributed by atoms with Gasteiger partial charge in [-0.15, -0.1) is 0 Å². The first-order valence-electron chi connectivity index (χ1n) is 8.31. The molecule has 2 aromatic rings. The fourth-order valence-electron chi connectivity index (χ4n) is 2.32. The average Bonchev–Trinajstić information content (AvgIpc) is 2.63. The molecule has 7 nitrogen and oxygen atoms in total. The summed E-state index contributed by atoms with van der Waals surface area (Å²) < 4.78 is 54.5. The fourth-order valence-corrected chi connectivity index (χ4v) is 3.25. The second-order valence-corrected chi connectivity index (χ2v) is 8.03. The molecule has 0 aromatic heterocycles. The number of rotatable bonds is 8. The molecule has 28 heavy (non-hydrogen) atoms. The quantitative estimate of drug-likeness (QED) is 0.694. The lowest BCUT2D eigenvalue weighted by Crippen LogP contribution is -2.22. The molecule has 0 aliphatic rings. The van der Waals surface area contributed by atoms with Gasteiger partial charge in [0.25, 0.3) is 5.91 Å². The summed E-state index contributed by atoms with van der Waals surface area (Å²) in [4.78, 5) is 12.5. The molecule has 0 aliphatic carbocycles. The number of carbonyl (C=O) groups is 1. The Hall–Kier alpha value is -2.72. The number of nitrogens with one attached hydrogen (secondary N) is 2. The van der Waals surface area contributed by atoms with Gasteiger partial charge in [-0.3, -0.25) is 4.79 Å². The summed E-state index contributed by atoms with van der Waals surface area (Å²) >= 11 is 0. The maximum atomic E-state index is 12.5. The molecule has 10 heteroatoms. The standard InChI is InChI=1S/C18H21F2N3O4S/c1-4-21-15-10-9-14(28(25,26)23(2)3)11-16(15)22-17(24)12-5-7-13(8-6-12)27-18(19)20/h5-11,18,21H,4H2,1-3H3,(H,22,24). The maximum Gasteiger partial charge on any atom is 0.387 e. The van der Waals surface area contributed by atoms with Gasteiger partial charge in [-0.1, -0.05) is 0 Å². The van der Waals surface area contributed by atoms with Crippen LogP contribution in [0.2, 0.25) is 0 Å². The molecule has 0 aliphatic heterocycles. The number of carbonyl (C=O) groups excluding carboxylic acids is 1. The van der Waals surface area contributed by atoms with Crippen molar-refractivity contribution in [3.63, 3.8) is 0 Å². The van der Waals surface area contributed by atoms with Crippen molar-refractivity contribution in [2.75, 3.05) is 31.3 Å². The number of sulfonamides is 1. The molecular formula is C18H21F2N3O4S.